The van der Waals surface area contributed by atoms with Gasteiger partial charge in [-0.1, -0.05) is 85.2 Å². The SMILES string of the molecule is CCC1COC2OC[C@H](C2C)C1C(=O)N[C@H](C(=O)NC(CC(C)C)C(=O)NC(CC1CCNC1=O)C(=O)C(=O)c1ncc(-c2ccccc2)o1)C(C)(C)C. The van der Waals surface area contributed by atoms with E-state index in [0.717, 1.165) is 0 Å². The molecule has 54 heavy (non-hydrogen) atoms. The molecule has 0 spiro atoms. The number of ketones is 2. The molecule has 14 nitrogen and oxygen atoms in total. The van der Waals surface area contributed by atoms with Crippen LogP contribution in [0.2, 0.25) is 0 Å². The van der Waals surface area contributed by atoms with E-state index >= 15 is 0 Å². The number of nitrogens with zero attached hydrogens (tertiary/aromatic N) is 1. The summed E-state index contributed by atoms with van der Waals surface area (Å²) in [5.74, 6) is -5.29. The van der Waals surface area contributed by atoms with E-state index in [-0.39, 0.29) is 60.4 Å². The molecule has 3 saturated heterocycles. The zero-order valence-electron chi connectivity index (χ0n) is 32.3. The molecule has 0 saturated carbocycles. The fraction of sp³-hybridized carbons (Fsp3) is 0.625. The highest BCUT2D eigenvalue weighted by Gasteiger charge is 2.49. The standard InChI is InChI=1S/C40H55N5O9/c1-8-23-19-52-39-22(4)26(20-53-39)30(23)36(50)45-33(40(5,6)7)37(51)44-28(16-21(2)3)35(49)43-27(17-25-14-15-41-34(25)48)31(46)32(47)38-42-18-29(54-38)24-12-10-9-11-13-24/h9-13,18,21-23,25-28,30,33,39H,8,14-17,19-20H2,1-7H3,(H,41,48)(H,43,49)(H,44,51)(H,45,50)/t22?,23?,25?,26-,27?,28?,30?,33-,39?/m1/s1. The Labute approximate surface area is 316 Å². The Balaban J connectivity index is 1.34. The summed E-state index contributed by atoms with van der Waals surface area (Å²) in [6, 6.07) is 5.39. The number of hydrogen-bond donors (Lipinski definition) is 4. The fourth-order valence-electron chi connectivity index (χ4n) is 7.70. The van der Waals surface area contributed by atoms with Gasteiger partial charge in [-0.2, -0.15) is 0 Å². The van der Waals surface area contributed by atoms with Gasteiger partial charge < -0.3 is 35.2 Å². The van der Waals surface area contributed by atoms with Crippen LogP contribution in [0.3, 0.4) is 0 Å². The molecule has 3 fully saturated rings. The van der Waals surface area contributed by atoms with E-state index in [9.17, 15) is 28.8 Å². The number of carbonyl (C=O) groups excluding carboxylic acids is 6. The van der Waals surface area contributed by atoms with Crippen LogP contribution in [-0.4, -0.2) is 84.4 Å². The zero-order chi connectivity index (χ0) is 39.3. The number of hydrogen-bond acceptors (Lipinski definition) is 10. The van der Waals surface area contributed by atoms with Crippen LogP contribution in [0.1, 0.15) is 84.8 Å². The normalized spacial score (nSPS) is 25.6. The Morgan fingerprint density at radius 3 is 2.28 bits per heavy atom. The fourth-order valence-corrected chi connectivity index (χ4v) is 7.70. The van der Waals surface area contributed by atoms with Crippen molar-refractivity contribution in [3.8, 4) is 11.3 Å². The van der Waals surface area contributed by atoms with Crippen LogP contribution in [0.5, 0.6) is 0 Å². The van der Waals surface area contributed by atoms with Crippen LogP contribution in [0.25, 0.3) is 11.3 Å². The number of carbonyl (C=O) groups is 6. The molecule has 1 aromatic carbocycles. The number of oxazole rings is 1. The predicted octanol–water partition coefficient (Wildman–Crippen LogP) is 3.45. The molecule has 3 aliphatic rings. The van der Waals surface area contributed by atoms with Gasteiger partial charge in [-0.15, -0.1) is 0 Å². The lowest BCUT2D eigenvalue weighted by Crippen LogP contribution is -2.60. The molecule has 5 rings (SSSR count). The highest BCUT2D eigenvalue weighted by Crippen LogP contribution is 2.41. The van der Waals surface area contributed by atoms with Crippen molar-refractivity contribution >= 4 is 35.2 Å². The molecule has 4 N–H and O–H groups in total. The second-order valence-electron chi connectivity index (χ2n) is 16.4. The van der Waals surface area contributed by atoms with Gasteiger partial charge in [0.05, 0.1) is 25.5 Å². The first-order valence-electron chi connectivity index (χ1n) is 19.1. The maximum atomic E-state index is 14.2. The first kappa shape index (κ1) is 40.7. The Morgan fingerprint density at radius 2 is 1.65 bits per heavy atom. The van der Waals surface area contributed by atoms with Crippen LogP contribution in [0.15, 0.2) is 40.9 Å². The molecule has 14 heteroatoms. The Morgan fingerprint density at radius 1 is 0.963 bits per heavy atom. The summed E-state index contributed by atoms with van der Waals surface area (Å²) in [4.78, 5) is 86.2. The van der Waals surface area contributed by atoms with Crippen LogP contribution in [-0.2, 0) is 33.4 Å². The highest BCUT2D eigenvalue weighted by atomic mass is 16.7. The maximum absolute atomic E-state index is 14.2. The second kappa shape index (κ2) is 17.4. The number of aromatic nitrogens is 1. The van der Waals surface area contributed by atoms with E-state index in [4.69, 9.17) is 13.9 Å². The molecule has 1 aromatic heterocycles. The lowest BCUT2D eigenvalue weighted by atomic mass is 9.75. The van der Waals surface area contributed by atoms with Crippen LogP contribution in [0, 0.1) is 40.9 Å². The largest absolute Gasteiger partial charge is 0.433 e. The van der Waals surface area contributed by atoms with Gasteiger partial charge in [0.25, 0.3) is 11.7 Å². The molecule has 294 valence electrons. The predicted molar refractivity (Wildman–Crippen MR) is 197 cm³/mol. The van der Waals surface area contributed by atoms with Crippen molar-refractivity contribution in [3.63, 3.8) is 0 Å². The molecule has 7 unspecified atom stereocenters. The summed E-state index contributed by atoms with van der Waals surface area (Å²) in [5.41, 5.74) is -0.0951. The van der Waals surface area contributed by atoms with Crippen LogP contribution < -0.4 is 21.3 Å². The number of ether oxygens (including phenoxy) is 2. The van der Waals surface area contributed by atoms with Gasteiger partial charge in [-0.05, 0) is 36.5 Å². The monoisotopic (exact) mass is 749 g/mol. The minimum Gasteiger partial charge on any atom is -0.433 e. The molecule has 0 aliphatic carbocycles. The second-order valence-corrected chi connectivity index (χ2v) is 16.4. The molecule has 4 heterocycles. The highest BCUT2D eigenvalue weighted by molar-refractivity contribution is 6.44. The van der Waals surface area contributed by atoms with Gasteiger partial charge in [0.1, 0.15) is 12.1 Å². The average Bonchev–Trinajstić information content (AvgIpc) is 3.84. The molecule has 0 radical (unpaired) electrons. The van der Waals surface area contributed by atoms with E-state index in [1.54, 1.807) is 24.3 Å². The summed E-state index contributed by atoms with van der Waals surface area (Å²) in [6.45, 7) is 14.5. The van der Waals surface area contributed by atoms with E-state index < -0.39 is 64.6 Å². The average molecular weight is 750 g/mol. The Bertz CT molecular complexity index is 1690. The summed E-state index contributed by atoms with van der Waals surface area (Å²) in [7, 11) is 0. The summed E-state index contributed by atoms with van der Waals surface area (Å²) in [5, 5.41) is 11.3. The van der Waals surface area contributed by atoms with E-state index in [2.05, 4.69) is 26.3 Å². The smallest absolute Gasteiger partial charge is 0.285 e. The number of nitrogens with one attached hydrogen (secondary N) is 4. The topological polar surface area (TPSA) is 195 Å². The maximum Gasteiger partial charge on any atom is 0.285 e. The van der Waals surface area contributed by atoms with Crippen molar-refractivity contribution in [3.05, 3.63) is 42.4 Å². The lowest BCUT2D eigenvalue weighted by molar-refractivity contribution is -0.147. The minimum atomic E-state index is -1.40. The van der Waals surface area contributed by atoms with Crippen molar-refractivity contribution in [1.29, 1.82) is 0 Å². The number of rotatable bonds is 15. The summed E-state index contributed by atoms with van der Waals surface area (Å²) < 4.78 is 17.5. The summed E-state index contributed by atoms with van der Waals surface area (Å²) >= 11 is 0. The van der Waals surface area contributed by atoms with Gasteiger partial charge in [0.15, 0.2) is 12.1 Å². The number of benzene rings is 1. The van der Waals surface area contributed by atoms with Gasteiger partial charge >= 0.3 is 0 Å². The van der Waals surface area contributed by atoms with Crippen molar-refractivity contribution in [2.24, 2.45) is 40.9 Å². The van der Waals surface area contributed by atoms with E-state index in [1.165, 1.54) is 6.20 Å². The molecule has 9 atom stereocenters. The lowest BCUT2D eigenvalue weighted by Gasteiger charge is -2.36. The van der Waals surface area contributed by atoms with E-state index in [0.29, 0.717) is 38.2 Å². The van der Waals surface area contributed by atoms with Crippen LogP contribution >= 0.6 is 0 Å². The van der Waals surface area contributed by atoms with Crippen molar-refractivity contribution in [1.82, 2.24) is 26.3 Å². The zero-order valence-corrected chi connectivity index (χ0v) is 32.3. The number of Topliss-reactive ketones (excluding diaryl/α,β-unsaturated/α-hetero) is 2. The van der Waals surface area contributed by atoms with E-state index in [1.807, 2.05) is 54.5 Å². The van der Waals surface area contributed by atoms with Crippen LogP contribution in [0.4, 0.5) is 0 Å². The molecule has 2 bridgehead atoms. The quantitative estimate of drug-likeness (QED) is 0.155. The number of amides is 4. The molecule has 2 aromatic rings. The van der Waals surface area contributed by atoms with Gasteiger partial charge in [0, 0.05) is 35.8 Å². The third kappa shape index (κ3) is 9.43. The first-order chi connectivity index (χ1) is 25.6. The number of fused-ring (bicyclic) bond motifs is 2. The minimum absolute atomic E-state index is 0.00524. The Kier molecular flexibility index (Phi) is 13.1. The Hall–Kier alpha value is -4.43. The van der Waals surface area contributed by atoms with Gasteiger partial charge in [-0.3, -0.25) is 28.8 Å². The van der Waals surface area contributed by atoms with Gasteiger partial charge in [0.2, 0.25) is 29.4 Å². The molecular formula is C40H55N5O9. The first-order valence-corrected chi connectivity index (χ1v) is 19.1. The van der Waals surface area contributed by atoms with Crippen molar-refractivity contribution < 1.29 is 42.7 Å². The summed E-state index contributed by atoms with van der Waals surface area (Å²) in [6.07, 6.45) is 2.17. The van der Waals surface area contributed by atoms with Crippen molar-refractivity contribution in [2.45, 2.75) is 98.6 Å². The molecule has 4 amide bonds. The molecule has 3 aliphatic heterocycles. The van der Waals surface area contributed by atoms with Crippen molar-refractivity contribution in [2.75, 3.05) is 19.8 Å². The van der Waals surface area contributed by atoms with Gasteiger partial charge in [-0.25, -0.2) is 4.98 Å². The molecular weight excluding hydrogens is 694 g/mol. The third-order valence-corrected chi connectivity index (χ3v) is 10.9. The third-order valence-electron chi connectivity index (χ3n) is 10.9.